The maximum Gasteiger partial charge on any atom is 0.276 e. The van der Waals surface area contributed by atoms with Gasteiger partial charge in [0.05, 0.1) is 16.0 Å². The Morgan fingerprint density at radius 3 is 2.52 bits per heavy atom. The van der Waals surface area contributed by atoms with Crippen molar-refractivity contribution in [2.45, 2.75) is 11.8 Å². The van der Waals surface area contributed by atoms with Crippen LogP contribution in [-0.4, -0.2) is 19.6 Å². The number of nitro benzene ring substituents is 1. The number of hydrazone groups is 1. The zero-order valence-electron chi connectivity index (χ0n) is 16.3. The van der Waals surface area contributed by atoms with E-state index in [0.717, 1.165) is 10.8 Å². The molecule has 0 aliphatic rings. The molecule has 4 rings (SSSR count). The van der Waals surface area contributed by atoms with Crippen molar-refractivity contribution in [1.29, 1.82) is 0 Å². The Labute approximate surface area is 178 Å². The maximum absolute atomic E-state index is 12.5. The summed E-state index contributed by atoms with van der Waals surface area (Å²) in [6, 6.07) is 20.1. The Bertz CT molecular complexity index is 1420. The highest BCUT2D eigenvalue weighted by atomic mass is 32.2. The van der Waals surface area contributed by atoms with E-state index in [1.807, 2.05) is 24.3 Å². The zero-order chi connectivity index (χ0) is 22.0. The van der Waals surface area contributed by atoms with E-state index in [2.05, 4.69) is 9.93 Å². The van der Waals surface area contributed by atoms with Crippen LogP contribution >= 0.6 is 0 Å². The summed E-state index contributed by atoms with van der Waals surface area (Å²) < 4.78 is 30.7. The molecule has 0 amide bonds. The molecular weight excluding hydrogens is 418 g/mol. The van der Waals surface area contributed by atoms with E-state index in [1.54, 1.807) is 37.3 Å². The molecule has 1 aromatic heterocycles. The van der Waals surface area contributed by atoms with Crippen molar-refractivity contribution in [2.75, 3.05) is 0 Å². The van der Waals surface area contributed by atoms with Crippen LogP contribution in [0, 0.1) is 17.0 Å². The molecule has 1 N–H and O–H groups in total. The molecule has 0 atom stereocenters. The minimum atomic E-state index is -3.84. The van der Waals surface area contributed by atoms with Gasteiger partial charge in [-0.15, -0.1) is 0 Å². The number of aryl methyl sites for hydroxylation is 1. The second-order valence-electron chi connectivity index (χ2n) is 6.82. The summed E-state index contributed by atoms with van der Waals surface area (Å²) in [6.07, 6.45) is 1.25. The quantitative estimate of drug-likeness (QED) is 0.269. The Morgan fingerprint density at radius 2 is 1.77 bits per heavy atom. The van der Waals surface area contributed by atoms with Gasteiger partial charge in [0.1, 0.15) is 11.5 Å². The monoisotopic (exact) mass is 435 g/mol. The lowest BCUT2D eigenvalue weighted by molar-refractivity contribution is -0.384. The molecule has 0 spiro atoms. The number of non-ortho nitro benzene ring substituents is 1. The second kappa shape index (κ2) is 8.04. The van der Waals surface area contributed by atoms with Crippen molar-refractivity contribution in [1.82, 2.24) is 4.83 Å². The number of furan rings is 1. The van der Waals surface area contributed by atoms with Crippen molar-refractivity contribution in [3.63, 3.8) is 0 Å². The molecule has 31 heavy (non-hydrogen) atoms. The number of nitrogens with zero attached hydrogens (tertiary/aromatic N) is 2. The summed E-state index contributed by atoms with van der Waals surface area (Å²) in [7, 11) is -3.84. The zero-order valence-corrected chi connectivity index (χ0v) is 17.2. The van der Waals surface area contributed by atoms with E-state index >= 15 is 0 Å². The minimum absolute atomic E-state index is 0.00214. The molecule has 0 aliphatic carbocycles. The maximum atomic E-state index is 12.5. The fourth-order valence-corrected chi connectivity index (χ4v) is 3.98. The number of nitrogens with one attached hydrogen (secondary N) is 1. The largest absolute Gasteiger partial charge is 0.455 e. The van der Waals surface area contributed by atoms with Crippen molar-refractivity contribution >= 4 is 32.7 Å². The standard InChI is InChI=1S/C22H17N3O5S/c1-15-12-18(25(26)27)7-10-21(15)22-11-8-19(30-22)14-23-24-31(28,29)20-9-6-16-4-2-3-5-17(16)13-20/h2-14,24H,1H3. The van der Waals surface area contributed by atoms with Gasteiger partial charge in [-0.2, -0.15) is 18.4 Å². The number of hydrogen-bond acceptors (Lipinski definition) is 6. The first-order valence-electron chi connectivity index (χ1n) is 9.22. The summed E-state index contributed by atoms with van der Waals surface area (Å²) in [5.74, 6) is 0.820. The van der Waals surface area contributed by atoms with Crippen LogP contribution in [0.5, 0.6) is 0 Å². The van der Waals surface area contributed by atoms with Crippen LogP contribution in [0.2, 0.25) is 0 Å². The van der Waals surface area contributed by atoms with Crippen LogP contribution in [0.15, 0.2) is 87.2 Å². The van der Waals surface area contributed by atoms with E-state index < -0.39 is 14.9 Å². The fraction of sp³-hybridized carbons (Fsp3) is 0.0455. The molecule has 0 saturated carbocycles. The van der Waals surface area contributed by atoms with Crippen LogP contribution < -0.4 is 4.83 Å². The lowest BCUT2D eigenvalue weighted by Crippen LogP contribution is -2.18. The molecule has 9 heteroatoms. The lowest BCUT2D eigenvalue weighted by atomic mass is 10.1. The SMILES string of the molecule is Cc1cc([N+](=O)[O-])ccc1-c1ccc(C=NNS(=O)(=O)c2ccc3ccccc3c2)o1. The predicted octanol–water partition coefficient (Wildman–Crippen LogP) is 4.63. The summed E-state index contributed by atoms with van der Waals surface area (Å²) >= 11 is 0. The first-order valence-corrected chi connectivity index (χ1v) is 10.7. The van der Waals surface area contributed by atoms with Gasteiger partial charge in [0.2, 0.25) is 0 Å². The van der Waals surface area contributed by atoms with Crippen LogP contribution in [-0.2, 0) is 10.0 Å². The van der Waals surface area contributed by atoms with Crippen LogP contribution in [0.4, 0.5) is 5.69 Å². The normalized spacial score (nSPS) is 11.8. The van der Waals surface area contributed by atoms with E-state index in [4.69, 9.17) is 4.42 Å². The van der Waals surface area contributed by atoms with Gasteiger partial charge >= 0.3 is 0 Å². The summed E-state index contributed by atoms with van der Waals surface area (Å²) in [4.78, 5) is 12.7. The average Bonchev–Trinajstić information content (AvgIpc) is 3.21. The van der Waals surface area contributed by atoms with Gasteiger partial charge in [-0.05, 0) is 53.6 Å². The third kappa shape index (κ3) is 4.31. The predicted molar refractivity (Wildman–Crippen MR) is 117 cm³/mol. The molecule has 0 radical (unpaired) electrons. The Hall–Kier alpha value is -3.98. The smallest absolute Gasteiger partial charge is 0.276 e. The van der Waals surface area contributed by atoms with Gasteiger partial charge < -0.3 is 4.42 Å². The number of fused-ring (bicyclic) bond motifs is 1. The van der Waals surface area contributed by atoms with Crippen molar-refractivity contribution in [3.8, 4) is 11.3 Å². The van der Waals surface area contributed by atoms with Crippen molar-refractivity contribution in [2.24, 2.45) is 5.10 Å². The minimum Gasteiger partial charge on any atom is -0.455 e. The van der Waals surface area contributed by atoms with Gasteiger partial charge in [-0.25, -0.2) is 0 Å². The molecule has 156 valence electrons. The Kier molecular flexibility index (Phi) is 5.26. The van der Waals surface area contributed by atoms with Gasteiger partial charge in [0.15, 0.2) is 0 Å². The van der Waals surface area contributed by atoms with E-state index in [1.165, 1.54) is 24.4 Å². The van der Waals surface area contributed by atoms with Crippen LogP contribution in [0.25, 0.3) is 22.1 Å². The van der Waals surface area contributed by atoms with Gasteiger partial charge in [0.25, 0.3) is 15.7 Å². The molecule has 1 heterocycles. The summed E-state index contributed by atoms with van der Waals surface area (Å²) in [5, 5.41) is 16.4. The number of nitro groups is 1. The highest BCUT2D eigenvalue weighted by Gasteiger charge is 2.14. The Morgan fingerprint density at radius 1 is 1.00 bits per heavy atom. The number of sulfonamides is 1. The summed E-state index contributed by atoms with van der Waals surface area (Å²) in [6.45, 7) is 1.75. The van der Waals surface area contributed by atoms with E-state index in [0.29, 0.717) is 22.6 Å². The molecular formula is C22H17N3O5S. The average molecular weight is 435 g/mol. The number of benzene rings is 3. The molecule has 0 aliphatic heterocycles. The highest BCUT2D eigenvalue weighted by Crippen LogP contribution is 2.28. The first kappa shape index (κ1) is 20.3. The van der Waals surface area contributed by atoms with Crippen molar-refractivity contribution in [3.05, 3.63) is 94.2 Å². The van der Waals surface area contributed by atoms with Gasteiger partial charge in [-0.1, -0.05) is 30.3 Å². The third-order valence-corrected chi connectivity index (χ3v) is 5.93. The first-order chi connectivity index (χ1) is 14.8. The van der Waals surface area contributed by atoms with Crippen molar-refractivity contribution < 1.29 is 17.8 Å². The molecule has 0 bridgehead atoms. The fourth-order valence-electron chi connectivity index (χ4n) is 3.15. The number of hydrogen-bond donors (Lipinski definition) is 1. The van der Waals surface area contributed by atoms with Gasteiger partial charge in [0, 0.05) is 17.7 Å². The highest BCUT2D eigenvalue weighted by molar-refractivity contribution is 7.89. The molecule has 8 nitrogen and oxygen atoms in total. The topological polar surface area (TPSA) is 115 Å². The van der Waals surface area contributed by atoms with Crippen LogP contribution in [0.1, 0.15) is 11.3 Å². The summed E-state index contributed by atoms with van der Waals surface area (Å²) in [5.41, 5.74) is 1.38. The molecule has 3 aromatic carbocycles. The Balaban J connectivity index is 1.50. The van der Waals surface area contributed by atoms with Crippen LogP contribution in [0.3, 0.4) is 0 Å². The third-order valence-electron chi connectivity index (χ3n) is 4.71. The molecule has 0 saturated heterocycles. The van der Waals surface area contributed by atoms with E-state index in [-0.39, 0.29) is 10.6 Å². The molecule has 4 aromatic rings. The lowest BCUT2D eigenvalue weighted by Gasteiger charge is -2.05. The second-order valence-corrected chi connectivity index (χ2v) is 8.48. The van der Waals surface area contributed by atoms with E-state index in [9.17, 15) is 18.5 Å². The number of rotatable bonds is 6. The molecule has 0 unspecified atom stereocenters. The van der Waals surface area contributed by atoms with Gasteiger partial charge in [-0.3, -0.25) is 10.1 Å². The molecule has 0 fully saturated rings.